The maximum absolute atomic E-state index is 12.1. The topological polar surface area (TPSA) is 64.7 Å². The molecule has 0 saturated carbocycles. The number of nitrogens with one attached hydrogen (secondary N) is 1. The Hall–Kier alpha value is -2.34. The van der Waals surface area contributed by atoms with E-state index in [9.17, 15) is 4.79 Å². The van der Waals surface area contributed by atoms with Crippen molar-refractivity contribution in [2.75, 3.05) is 0 Å². The fraction of sp³-hybridized carbons (Fsp3) is 0.389. The molecule has 0 unspecified atom stereocenters. The third kappa shape index (κ3) is 3.85. The molecule has 3 aromatic rings. The summed E-state index contributed by atoms with van der Waals surface area (Å²) < 4.78 is 3.83. The van der Waals surface area contributed by atoms with Gasteiger partial charge in [-0.3, -0.25) is 14.2 Å². The Bertz CT molecular complexity index is 879. The van der Waals surface area contributed by atoms with Gasteiger partial charge in [-0.05, 0) is 38.5 Å². The average Bonchev–Trinajstić information content (AvgIpc) is 3.14. The largest absolute Gasteiger partial charge is 0.352 e. The van der Waals surface area contributed by atoms with Crippen molar-refractivity contribution >= 4 is 28.5 Å². The SMILES string of the molecule is Cc1nn(C(C)C)c2cnn(CCC(=O)NCc3ccc(Cl)cc3)c12. The van der Waals surface area contributed by atoms with Crippen LogP contribution in [0.1, 0.15) is 37.6 Å². The van der Waals surface area contributed by atoms with E-state index < -0.39 is 0 Å². The van der Waals surface area contributed by atoms with Gasteiger partial charge in [0, 0.05) is 24.0 Å². The minimum atomic E-state index is -0.00694. The number of nitrogens with zero attached hydrogens (tertiary/aromatic N) is 4. The fourth-order valence-corrected chi connectivity index (χ4v) is 2.97. The molecule has 0 bridgehead atoms. The van der Waals surface area contributed by atoms with Gasteiger partial charge in [0.1, 0.15) is 11.0 Å². The summed E-state index contributed by atoms with van der Waals surface area (Å²) in [6.07, 6.45) is 2.19. The van der Waals surface area contributed by atoms with Crippen molar-refractivity contribution in [2.24, 2.45) is 0 Å². The van der Waals surface area contributed by atoms with Crippen LogP contribution in [-0.2, 0) is 17.9 Å². The summed E-state index contributed by atoms with van der Waals surface area (Å²) in [5, 5.41) is 12.6. The molecule has 2 aromatic heterocycles. The van der Waals surface area contributed by atoms with Crippen molar-refractivity contribution in [3.05, 3.63) is 46.7 Å². The van der Waals surface area contributed by atoms with Crippen LogP contribution in [0.25, 0.3) is 11.0 Å². The Balaban J connectivity index is 1.60. The molecule has 1 N–H and O–H groups in total. The average molecular weight is 360 g/mol. The number of hydrogen-bond acceptors (Lipinski definition) is 3. The van der Waals surface area contributed by atoms with Crippen LogP contribution in [0, 0.1) is 6.92 Å². The molecule has 25 heavy (non-hydrogen) atoms. The van der Waals surface area contributed by atoms with E-state index in [-0.39, 0.29) is 11.9 Å². The summed E-state index contributed by atoms with van der Waals surface area (Å²) in [5.74, 6) is -0.00694. The summed E-state index contributed by atoms with van der Waals surface area (Å²) in [4.78, 5) is 12.1. The van der Waals surface area contributed by atoms with E-state index in [0.717, 1.165) is 22.3 Å². The number of aromatic nitrogens is 4. The molecular formula is C18H22ClN5O. The maximum atomic E-state index is 12.1. The molecule has 0 aliphatic rings. The highest BCUT2D eigenvalue weighted by atomic mass is 35.5. The lowest BCUT2D eigenvalue weighted by Gasteiger charge is -2.06. The highest BCUT2D eigenvalue weighted by Gasteiger charge is 2.15. The van der Waals surface area contributed by atoms with Crippen LogP contribution < -0.4 is 5.32 Å². The molecule has 0 aliphatic heterocycles. The fourth-order valence-electron chi connectivity index (χ4n) is 2.84. The molecule has 7 heteroatoms. The van der Waals surface area contributed by atoms with Gasteiger partial charge < -0.3 is 5.32 Å². The van der Waals surface area contributed by atoms with Gasteiger partial charge in [-0.25, -0.2) is 0 Å². The van der Waals surface area contributed by atoms with Crippen molar-refractivity contribution in [2.45, 2.75) is 46.3 Å². The van der Waals surface area contributed by atoms with E-state index in [2.05, 4.69) is 29.4 Å². The van der Waals surface area contributed by atoms with Gasteiger partial charge in [0.25, 0.3) is 0 Å². The standard InChI is InChI=1S/C18H22ClN5O/c1-12(2)24-16-11-21-23(18(16)13(3)22-24)9-8-17(25)20-10-14-4-6-15(19)7-5-14/h4-7,11-12H,8-10H2,1-3H3,(H,20,25). The molecule has 0 radical (unpaired) electrons. The first kappa shape index (κ1) is 17.5. The summed E-state index contributed by atoms with van der Waals surface area (Å²) in [6, 6.07) is 7.72. The predicted octanol–water partition coefficient (Wildman–Crippen LogP) is 3.48. The Morgan fingerprint density at radius 1 is 1.28 bits per heavy atom. The third-order valence-corrected chi connectivity index (χ3v) is 4.36. The van der Waals surface area contributed by atoms with Crippen molar-refractivity contribution < 1.29 is 4.79 Å². The molecule has 132 valence electrons. The number of benzene rings is 1. The summed E-state index contributed by atoms with van der Waals surface area (Å²) in [5.41, 5.74) is 3.96. The van der Waals surface area contributed by atoms with Crippen molar-refractivity contribution in [1.82, 2.24) is 24.9 Å². The molecule has 0 fully saturated rings. The molecule has 1 amide bonds. The lowest BCUT2D eigenvalue weighted by Crippen LogP contribution is -2.24. The van der Waals surface area contributed by atoms with Gasteiger partial charge in [0.2, 0.25) is 5.91 Å². The zero-order chi connectivity index (χ0) is 18.0. The number of carbonyl (C=O) groups excluding carboxylic acids is 1. The molecular weight excluding hydrogens is 338 g/mol. The Kier molecular flexibility index (Phi) is 5.08. The first-order chi connectivity index (χ1) is 12.0. The third-order valence-electron chi connectivity index (χ3n) is 4.11. The number of amides is 1. The quantitative estimate of drug-likeness (QED) is 0.732. The number of hydrogen-bond donors (Lipinski definition) is 1. The van der Waals surface area contributed by atoms with E-state index in [1.54, 1.807) is 0 Å². The van der Waals surface area contributed by atoms with Crippen molar-refractivity contribution in [1.29, 1.82) is 0 Å². The molecule has 3 rings (SSSR count). The van der Waals surface area contributed by atoms with Crippen molar-refractivity contribution in [3.8, 4) is 0 Å². The Morgan fingerprint density at radius 2 is 2.00 bits per heavy atom. The van der Waals surface area contributed by atoms with Crippen molar-refractivity contribution in [3.63, 3.8) is 0 Å². The van der Waals surface area contributed by atoms with E-state index in [1.807, 2.05) is 46.7 Å². The van der Waals surface area contributed by atoms with E-state index in [1.165, 1.54) is 0 Å². The smallest absolute Gasteiger partial charge is 0.222 e. The van der Waals surface area contributed by atoms with Crippen LogP contribution in [0.5, 0.6) is 0 Å². The first-order valence-corrected chi connectivity index (χ1v) is 8.75. The van der Waals surface area contributed by atoms with Crippen LogP contribution in [0.4, 0.5) is 0 Å². The number of aryl methyl sites for hydroxylation is 2. The van der Waals surface area contributed by atoms with E-state index >= 15 is 0 Å². The first-order valence-electron chi connectivity index (χ1n) is 8.37. The van der Waals surface area contributed by atoms with E-state index in [4.69, 9.17) is 11.6 Å². The Morgan fingerprint density at radius 3 is 2.68 bits per heavy atom. The predicted molar refractivity (Wildman–Crippen MR) is 98.6 cm³/mol. The van der Waals surface area contributed by atoms with Crippen LogP contribution in [0.2, 0.25) is 5.02 Å². The van der Waals surface area contributed by atoms with E-state index in [0.29, 0.717) is 24.5 Å². The number of rotatable bonds is 6. The zero-order valence-electron chi connectivity index (χ0n) is 14.7. The summed E-state index contributed by atoms with van der Waals surface area (Å²) in [7, 11) is 0. The highest BCUT2D eigenvalue weighted by molar-refractivity contribution is 6.30. The molecule has 0 spiro atoms. The van der Waals surface area contributed by atoms with Crippen LogP contribution in [-0.4, -0.2) is 25.5 Å². The summed E-state index contributed by atoms with van der Waals surface area (Å²) >= 11 is 5.86. The van der Waals surface area contributed by atoms with Gasteiger partial charge in [-0.15, -0.1) is 0 Å². The molecule has 0 atom stereocenters. The summed E-state index contributed by atoms with van der Waals surface area (Å²) in [6.45, 7) is 7.18. The van der Waals surface area contributed by atoms with Gasteiger partial charge in [0.05, 0.1) is 18.4 Å². The molecule has 2 heterocycles. The minimum Gasteiger partial charge on any atom is -0.352 e. The van der Waals surface area contributed by atoms with Crippen LogP contribution in [0.15, 0.2) is 30.5 Å². The lowest BCUT2D eigenvalue weighted by atomic mass is 10.2. The molecule has 6 nitrogen and oxygen atoms in total. The molecule has 1 aromatic carbocycles. The monoisotopic (exact) mass is 359 g/mol. The van der Waals surface area contributed by atoms with Gasteiger partial charge in [0.15, 0.2) is 0 Å². The second kappa shape index (κ2) is 7.27. The van der Waals surface area contributed by atoms with Gasteiger partial charge >= 0.3 is 0 Å². The maximum Gasteiger partial charge on any atom is 0.222 e. The number of halogens is 1. The lowest BCUT2D eigenvalue weighted by molar-refractivity contribution is -0.121. The highest BCUT2D eigenvalue weighted by Crippen LogP contribution is 2.21. The van der Waals surface area contributed by atoms with Gasteiger partial charge in [-0.2, -0.15) is 10.2 Å². The van der Waals surface area contributed by atoms with Crippen LogP contribution >= 0.6 is 11.6 Å². The molecule has 0 saturated heterocycles. The second-order valence-electron chi connectivity index (χ2n) is 6.38. The van der Waals surface area contributed by atoms with Crippen LogP contribution in [0.3, 0.4) is 0 Å². The second-order valence-corrected chi connectivity index (χ2v) is 6.81. The zero-order valence-corrected chi connectivity index (χ0v) is 15.4. The Labute approximate surface area is 151 Å². The van der Waals surface area contributed by atoms with Gasteiger partial charge in [-0.1, -0.05) is 23.7 Å². The number of carbonyl (C=O) groups is 1. The normalized spacial score (nSPS) is 11.4. The minimum absolute atomic E-state index is 0.00694. The molecule has 0 aliphatic carbocycles. The number of fused-ring (bicyclic) bond motifs is 1.